The van der Waals surface area contributed by atoms with Gasteiger partial charge in [0.2, 0.25) is 0 Å². The van der Waals surface area contributed by atoms with Crippen molar-refractivity contribution in [1.82, 2.24) is 14.5 Å². The number of hydrogen-bond donors (Lipinski definition) is 1. The van der Waals surface area contributed by atoms with Crippen molar-refractivity contribution in [2.45, 2.75) is 38.5 Å². The third-order valence-electron chi connectivity index (χ3n) is 5.87. The molecule has 2 bridgehead atoms. The number of aromatic nitrogens is 2. The van der Waals surface area contributed by atoms with Crippen LogP contribution in [0.5, 0.6) is 0 Å². The topological polar surface area (TPSA) is 41.3 Å². The van der Waals surface area contributed by atoms with Gasteiger partial charge in [0.1, 0.15) is 0 Å². The van der Waals surface area contributed by atoms with Crippen LogP contribution in [-0.2, 0) is 13.1 Å². The van der Waals surface area contributed by atoms with Gasteiger partial charge in [0.05, 0.1) is 12.6 Å². The molecular weight excluding hydrogens is 310 g/mol. The predicted molar refractivity (Wildman–Crippen MR) is 98.5 cm³/mol. The summed E-state index contributed by atoms with van der Waals surface area (Å²) in [5, 5.41) is 12.2. The molecule has 1 aromatic carbocycles. The fourth-order valence-corrected chi connectivity index (χ4v) is 4.67. The Balaban J connectivity index is 1.64. The van der Waals surface area contributed by atoms with Crippen LogP contribution >= 0.6 is 0 Å². The van der Waals surface area contributed by atoms with E-state index in [0.29, 0.717) is 12.5 Å². The largest absolute Gasteiger partial charge is 0.387 e. The van der Waals surface area contributed by atoms with E-state index in [2.05, 4.69) is 39.6 Å². The minimum Gasteiger partial charge on any atom is -0.387 e. The summed E-state index contributed by atoms with van der Waals surface area (Å²) in [6.45, 7) is 6.15. The molecule has 128 valence electrons. The Morgan fingerprint density at radius 2 is 2.08 bits per heavy atom. The van der Waals surface area contributed by atoms with Gasteiger partial charge in [0.25, 0.3) is 0 Å². The van der Waals surface area contributed by atoms with E-state index in [0.717, 1.165) is 12.1 Å². The second-order valence-corrected chi connectivity index (χ2v) is 7.51. The van der Waals surface area contributed by atoms with Crippen molar-refractivity contribution in [3.63, 3.8) is 0 Å². The van der Waals surface area contributed by atoms with Gasteiger partial charge in [0, 0.05) is 48.0 Å². The molecule has 4 nitrogen and oxygen atoms in total. The number of hydrogen-bond acceptors (Lipinski definition) is 3. The number of fused-ring (bicyclic) bond motifs is 6. The molecule has 1 fully saturated rings. The van der Waals surface area contributed by atoms with Crippen LogP contribution in [0.4, 0.5) is 0 Å². The van der Waals surface area contributed by atoms with Gasteiger partial charge in [-0.15, -0.1) is 0 Å². The molecule has 5 rings (SSSR count). The van der Waals surface area contributed by atoms with Gasteiger partial charge >= 0.3 is 0 Å². The summed E-state index contributed by atoms with van der Waals surface area (Å²) in [5.74, 6) is 0.646. The first-order valence-corrected chi connectivity index (χ1v) is 9.12. The molecule has 2 aromatic heterocycles. The summed E-state index contributed by atoms with van der Waals surface area (Å²) >= 11 is 0. The van der Waals surface area contributed by atoms with Crippen molar-refractivity contribution in [2.75, 3.05) is 13.1 Å². The van der Waals surface area contributed by atoms with Crippen LogP contribution < -0.4 is 0 Å². The fourth-order valence-electron chi connectivity index (χ4n) is 4.67. The first-order chi connectivity index (χ1) is 12.2. The zero-order chi connectivity index (χ0) is 17.0. The molecule has 2 aliphatic rings. The van der Waals surface area contributed by atoms with E-state index in [1.54, 1.807) is 12.4 Å². The number of aliphatic hydroxyl groups excluding tert-OH is 1. The lowest BCUT2D eigenvalue weighted by molar-refractivity contribution is 0.155. The predicted octanol–water partition coefficient (Wildman–Crippen LogP) is 3.38. The quantitative estimate of drug-likeness (QED) is 0.799. The number of pyridine rings is 1. The summed E-state index contributed by atoms with van der Waals surface area (Å²) in [5.41, 5.74) is 6.44. The summed E-state index contributed by atoms with van der Waals surface area (Å²) in [6.07, 6.45) is 4.24. The van der Waals surface area contributed by atoms with Gasteiger partial charge in [-0.1, -0.05) is 11.6 Å². The molecule has 0 spiro atoms. The van der Waals surface area contributed by atoms with E-state index >= 15 is 0 Å². The Morgan fingerprint density at radius 3 is 2.92 bits per heavy atom. The third-order valence-corrected chi connectivity index (χ3v) is 5.87. The van der Waals surface area contributed by atoms with Crippen molar-refractivity contribution in [3.05, 3.63) is 65.1 Å². The van der Waals surface area contributed by atoms with Gasteiger partial charge < -0.3 is 9.67 Å². The lowest BCUT2D eigenvalue weighted by Gasteiger charge is -2.25. The Labute approximate surface area is 147 Å². The van der Waals surface area contributed by atoms with E-state index in [1.807, 2.05) is 12.1 Å². The number of aryl methyl sites for hydroxylation is 1. The highest BCUT2D eigenvalue weighted by atomic mass is 16.3. The van der Waals surface area contributed by atoms with Gasteiger partial charge in [-0.2, -0.15) is 0 Å². The number of aliphatic hydroxyl groups is 1. The average Bonchev–Trinajstić information content (AvgIpc) is 3.15. The van der Waals surface area contributed by atoms with Crippen LogP contribution in [0.15, 0.2) is 42.7 Å². The Kier molecular flexibility index (Phi) is 3.43. The van der Waals surface area contributed by atoms with Crippen LogP contribution in [0, 0.1) is 6.92 Å². The molecular formula is C21H23N3O. The van der Waals surface area contributed by atoms with Crippen molar-refractivity contribution in [3.8, 4) is 0 Å². The molecule has 3 unspecified atom stereocenters. The maximum atomic E-state index is 10.8. The first-order valence-electron chi connectivity index (χ1n) is 9.12. The lowest BCUT2D eigenvalue weighted by Crippen LogP contribution is -2.27. The van der Waals surface area contributed by atoms with Crippen LogP contribution in [-0.4, -0.2) is 32.6 Å². The second kappa shape index (κ2) is 5.68. The van der Waals surface area contributed by atoms with Gasteiger partial charge in [0.15, 0.2) is 0 Å². The highest BCUT2D eigenvalue weighted by molar-refractivity contribution is 5.87. The monoisotopic (exact) mass is 333 g/mol. The summed E-state index contributed by atoms with van der Waals surface area (Å²) < 4.78 is 2.36. The van der Waals surface area contributed by atoms with Crippen LogP contribution in [0.25, 0.3) is 10.9 Å². The fraction of sp³-hybridized carbons (Fsp3) is 0.381. The normalized spacial score (nSPS) is 23.0. The highest BCUT2D eigenvalue weighted by Gasteiger charge is 2.35. The lowest BCUT2D eigenvalue weighted by atomic mass is 9.93. The van der Waals surface area contributed by atoms with Gasteiger partial charge in [-0.3, -0.25) is 9.88 Å². The third kappa shape index (κ3) is 2.40. The molecule has 0 radical (unpaired) electrons. The Hall–Kier alpha value is -2.17. The highest BCUT2D eigenvalue weighted by Crippen LogP contribution is 2.42. The molecule has 1 saturated heterocycles. The number of rotatable bonds is 3. The zero-order valence-corrected chi connectivity index (χ0v) is 14.5. The number of nitrogens with zero attached hydrogens (tertiary/aromatic N) is 3. The Morgan fingerprint density at radius 1 is 1.24 bits per heavy atom. The van der Waals surface area contributed by atoms with E-state index < -0.39 is 6.10 Å². The van der Waals surface area contributed by atoms with E-state index in [4.69, 9.17) is 0 Å². The molecule has 0 saturated carbocycles. The van der Waals surface area contributed by atoms with E-state index in [-0.39, 0.29) is 0 Å². The molecule has 4 heteroatoms. The van der Waals surface area contributed by atoms with Crippen LogP contribution in [0.1, 0.15) is 40.8 Å². The molecule has 4 heterocycles. The minimum atomic E-state index is -0.515. The maximum Gasteiger partial charge on any atom is 0.0970 e. The first kappa shape index (κ1) is 15.1. The molecule has 2 aliphatic heterocycles. The molecule has 0 amide bonds. The SMILES string of the molecule is Cc1ccc2c(c1)c1c(n2CC(O)c2ccncc2)CN2CCC1C2. The number of benzene rings is 1. The summed E-state index contributed by atoms with van der Waals surface area (Å²) in [7, 11) is 0. The molecule has 3 atom stereocenters. The smallest absolute Gasteiger partial charge is 0.0970 e. The van der Waals surface area contributed by atoms with Crippen molar-refractivity contribution >= 4 is 10.9 Å². The van der Waals surface area contributed by atoms with Gasteiger partial charge in [-0.25, -0.2) is 0 Å². The molecule has 0 aliphatic carbocycles. The molecule has 25 heavy (non-hydrogen) atoms. The second-order valence-electron chi connectivity index (χ2n) is 7.51. The van der Waals surface area contributed by atoms with E-state index in [9.17, 15) is 5.11 Å². The molecule has 3 aromatic rings. The van der Waals surface area contributed by atoms with Gasteiger partial charge in [-0.05, 0) is 55.3 Å². The van der Waals surface area contributed by atoms with Crippen molar-refractivity contribution in [1.29, 1.82) is 0 Å². The summed E-state index contributed by atoms with van der Waals surface area (Å²) in [4.78, 5) is 6.61. The average molecular weight is 333 g/mol. The summed E-state index contributed by atoms with van der Waals surface area (Å²) in [6, 6.07) is 10.5. The Bertz CT molecular complexity index is 931. The van der Waals surface area contributed by atoms with E-state index in [1.165, 1.54) is 47.2 Å². The zero-order valence-electron chi connectivity index (χ0n) is 14.5. The standard InChI is InChI=1S/C21H23N3O/c1-14-2-3-18-17(10-14)21-16-6-9-23(11-16)12-19(21)24(18)13-20(25)15-4-7-22-8-5-15/h2-5,7-8,10,16,20,25H,6,9,11-13H2,1H3. The maximum absolute atomic E-state index is 10.8. The van der Waals surface area contributed by atoms with Crippen molar-refractivity contribution < 1.29 is 5.11 Å². The minimum absolute atomic E-state index is 0.515. The van der Waals surface area contributed by atoms with Crippen LogP contribution in [0.3, 0.4) is 0 Å². The molecule has 1 N–H and O–H groups in total. The van der Waals surface area contributed by atoms with Crippen LogP contribution in [0.2, 0.25) is 0 Å². The van der Waals surface area contributed by atoms with Crippen molar-refractivity contribution in [2.24, 2.45) is 0 Å².